The van der Waals surface area contributed by atoms with Crippen molar-refractivity contribution in [2.24, 2.45) is 0 Å². The fourth-order valence-corrected chi connectivity index (χ4v) is 1.13. The van der Waals surface area contributed by atoms with Crippen LogP contribution < -0.4 is 34.7 Å². The number of nitro groups is 1. The Balaban J connectivity index is 0.00000144. The van der Waals surface area contributed by atoms with Crippen molar-refractivity contribution in [3.63, 3.8) is 0 Å². The minimum atomic E-state index is -0.669. The average molecular weight is 230 g/mol. The molecule has 0 saturated carbocycles. The fraction of sp³-hybridized carbons (Fsp3) is 0. The van der Waals surface area contributed by atoms with Crippen molar-refractivity contribution in [3.05, 3.63) is 32.3 Å². The zero-order valence-electron chi connectivity index (χ0n) is 6.58. The van der Waals surface area contributed by atoms with Crippen LogP contribution in [0.15, 0.2) is 12.1 Å². The number of benzene rings is 1. The van der Waals surface area contributed by atoms with Crippen LogP contribution in [0.3, 0.4) is 0 Å². The predicted octanol–water partition coefficient (Wildman–Crippen LogP) is -1.02. The number of rotatable bonds is 1. The summed E-state index contributed by atoms with van der Waals surface area (Å²) in [5, 5.41) is 20.6. The summed E-state index contributed by atoms with van der Waals surface area (Å²) in [6.07, 6.45) is 0. The Morgan fingerprint density at radius 3 is 1.92 bits per heavy atom. The molecule has 1 aromatic carbocycles. The first-order valence-corrected chi connectivity index (χ1v) is 3.58. The van der Waals surface area contributed by atoms with Crippen molar-refractivity contribution >= 4 is 28.9 Å². The van der Waals surface area contributed by atoms with Gasteiger partial charge in [-0.1, -0.05) is 29.0 Å². The van der Waals surface area contributed by atoms with E-state index in [1.165, 1.54) is 0 Å². The van der Waals surface area contributed by atoms with E-state index in [1.54, 1.807) is 0 Å². The molecule has 0 saturated heterocycles. The minimum Gasteiger partial charge on any atom is -0.870 e. The molecule has 0 bridgehead atoms. The first kappa shape index (κ1) is 13.0. The van der Waals surface area contributed by atoms with Gasteiger partial charge in [-0.05, 0) is 0 Å². The molecule has 0 fully saturated rings. The van der Waals surface area contributed by atoms with Gasteiger partial charge in [0, 0.05) is 22.2 Å². The van der Waals surface area contributed by atoms with Gasteiger partial charge in [0.2, 0.25) is 0 Å². The summed E-state index contributed by atoms with van der Waals surface area (Å²) >= 11 is 10.7. The Kier molecular flexibility index (Phi) is 5.02. The summed E-state index contributed by atoms with van der Waals surface area (Å²) in [6, 6.07) is 1.94. The van der Waals surface area contributed by atoms with Gasteiger partial charge in [-0.3, -0.25) is 10.1 Å². The SMILES string of the molecule is O=[N+]([O-])c1cc(Cl)c([O-])c(Cl)c1.[Na+]. The maximum absolute atomic E-state index is 10.9. The van der Waals surface area contributed by atoms with Gasteiger partial charge in [0.05, 0.1) is 4.92 Å². The molecule has 13 heavy (non-hydrogen) atoms. The minimum absolute atomic E-state index is 0. The first-order valence-electron chi connectivity index (χ1n) is 2.83. The number of halogens is 2. The number of nitro benzene ring substituents is 1. The molecule has 0 aromatic heterocycles. The Labute approximate surface area is 106 Å². The summed E-state index contributed by atoms with van der Waals surface area (Å²) in [5.41, 5.74) is -0.287. The normalized spacial score (nSPS) is 9.08. The van der Waals surface area contributed by atoms with Crippen molar-refractivity contribution in [2.75, 3.05) is 0 Å². The van der Waals surface area contributed by atoms with Crippen LogP contribution in [0.2, 0.25) is 10.0 Å². The van der Waals surface area contributed by atoms with Gasteiger partial charge in [0.1, 0.15) is 0 Å². The maximum Gasteiger partial charge on any atom is 1.00 e. The van der Waals surface area contributed by atoms with Gasteiger partial charge in [-0.25, -0.2) is 0 Å². The van der Waals surface area contributed by atoms with E-state index in [0.29, 0.717) is 0 Å². The van der Waals surface area contributed by atoms with Gasteiger partial charge in [0.15, 0.2) is 0 Å². The number of non-ortho nitro benzene ring substituents is 1. The molecule has 0 heterocycles. The Bertz CT molecular complexity index is 322. The molecule has 0 aliphatic heterocycles. The molecule has 1 aromatic rings. The van der Waals surface area contributed by atoms with E-state index in [0.717, 1.165) is 12.1 Å². The molecule has 0 spiro atoms. The quantitative estimate of drug-likeness (QED) is 0.352. The second-order valence-corrected chi connectivity index (χ2v) is 2.81. The second kappa shape index (κ2) is 5.02. The van der Waals surface area contributed by atoms with Gasteiger partial charge < -0.3 is 5.11 Å². The van der Waals surface area contributed by atoms with E-state index in [1.807, 2.05) is 0 Å². The van der Waals surface area contributed by atoms with Gasteiger partial charge in [-0.15, -0.1) is 0 Å². The van der Waals surface area contributed by atoms with E-state index in [2.05, 4.69) is 0 Å². The molecule has 0 radical (unpaired) electrons. The third kappa shape index (κ3) is 3.00. The largest absolute Gasteiger partial charge is 1.00 e. The van der Waals surface area contributed by atoms with Crippen LogP contribution >= 0.6 is 23.2 Å². The summed E-state index contributed by atoms with van der Waals surface area (Å²) in [5.74, 6) is -0.594. The Morgan fingerprint density at radius 1 is 1.23 bits per heavy atom. The summed E-state index contributed by atoms with van der Waals surface area (Å²) < 4.78 is 0. The van der Waals surface area contributed by atoms with Gasteiger partial charge >= 0.3 is 29.6 Å². The number of hydrogen-bond donors (Lipinski definition) is 0. The van der Waals surface area contributed by atoms with E-state index in [9.17, 15) is 15.2 Å². The molecular formula is C6H2Cl2NNaO3. The van der Waals surface area contributed by atoms with Crippen molar-refractivity contribution in [2.45, 2.75) is 0 Å². The summed E-state index contributed by atoms with van der Waals surface area (Å²) in [6.45, 7) is 0. The second-order valence-electron chi connectivity index (χ2n) is 2.00. The zero-order chi connectivity index (χ0) is 9.30. The molecule has 4 nitrogen and oxygen atoms in total. The van der Waals surface area contributed by atoms with E-state index < -0.39 is 10.7 Å². The topological polar surface area (TPSA) is 66.2 Å². The van der Waals surface area contributed by atoms with Crippen LogP contribution in [0.5, 0.6) is 5.75 Å². The maximum atomic E-state index is 10.9. The zero-order valence-corrected chi connectivity index (χ0v) is 10.1. The van der Waals surface area contributed by atoms with Crippen molar-refractivity contribution in [1.82, 2.24) is 0 Å². The monoisotopic (exact) mass is 229 g/mol. The molecule has 0 N–H and O–H groups in total. The van der Waals surface area contributed by atoms with Gasteiger partial charge in [-0.2, -0.15) is 0 Å². The summed E-state index contributed by atoms with van der Waals surface area (Å²) in [4.78, 5) is 9.53. The molecule has 0 amide bonds. The average Bonchev–Trinajstić information content (AvgIpc) is 1.99. The van der Waals surface area contributed by atoms with E-state index in [-0.39, 0.29) is 45.3 Å². The summed E-state index contributed by atoms with van der Waals surface area (Å²) in [7, 11) is 0. The third-order valence-electron chi connectivity index (χ3n) is 1.19. The predicted molar refractivity (Wildman–Crippen MR) is 42.6 cm³/mol. The molecule has 0 aliphatic carbocycles. The molecule has 64 valence electrons. The van der Waals surface area contributed by atoms with Crippen LogP contribution in [0, 0.1) is 10.1 Å². The fourth-order valence-electron chi connectivity index (χ4n) is 0.652. The van der Waals surface area contributed by atoms with Crippen LogP contribution in [-0.2, 0) is 0 Å². The van der Waals surface area contributed by atoms with E-state index in [4.69, 9.17) is 23.2 Å². The van der Waals surface area contributed by atoms with Crippen LogP contribution in [0.25, 0.3) is 0 Å². The molecule has 1 rings (SSSR count). The van der Waals surface area contributed by atoms with Crippen LogP contribution in [0.4, 0.5) is 5.69 Å². The van der Waals surface area contributed by atoms with Crippen LogP contribution in [0.1, 0.15) is 0 Å². The molecule has 0 aliphatic rings. The Hall–Kier alpha value is 0. The molecule has 0 atom stereocenters. The number of hydrogen-bond acceptors (Lipinski definition) is 3. The molecular weight excluding hydrogens is 228 g/mol. The van der Waals surface area contributed by atoms with E-state index >= 15 is 0 Å². The van der Waals surface area contributed by atoms with Crippen molar-refractivity contribution < 1.29 is 39.6 Å². The Morgan fingerprint density at radius 2 is 1.62 bits per heavy atom. The van der Waals surface area contributed by atoms with Crippen molar-refractivity contribution in [1.29, 1.82) is 0 Å². The molecule has 7 heteroatoms. The molecule has 0 unspecified atom stereocenters. The first-order chi connectivity index (χ1) is 5.52. The third-order valence-corrected chi connectivity index (χ3v) is 1.76. The van der Waals surface area contributed by atoms with Gasteiger partial charge in [0.25, 0.3) is 5.69 Å². The number of nitrogens with zero attached hydrogens (tertiary/aromatic N) is 1. The van der Waals surface area contributed by atoms with Crippen LogP contribution in [-0.4, -0.2) is 4.92 Å². The standard InChI is InChI=1S/C6H3Cl2NO3.Na/c7-4-1-3(9(11)12)2-5(8)6(4)10;/h1-2,10H;/q;+1/p-1. The smallest absolute Gasteiger partial charge is 0.870 e. The van der Waals surface area contributed by atoms with Crippen molar-refractivity contribution in [3.8, 4) is 5.75 Å².